The van der Waals surface area contributed by atoms with Gasteiger partial charge in [-0.2, -0.15) is 5.26 Å². The number of carbonyl (C=O) groups excluding carboxylic acids is 3. The molecule has 2 aliphatic heterocycles. The minimum Gasteiger partial charge on any atom is -0.496 e. The Morgan fingerprint density at radius 2 is 2.16 bits per heavy atom. The van der Waals surface area contributed by atoms with E-state index in [4.69, 9.17) is 4.74 Å². The second kappa shape index (κ2) is 9.09. The quantitative estimate of drug-likeness (QED) is 0.535. The maximum atomic E-state index is 13.8. The number of hydrogen-bond donors (Lipinski definition) is 3. The number of methoxy groups -OCH3 is 1. The molecule has 7 rings (SSSR count). The number of carbonyl (C=O) groups is 3. The predicted molar refractivity (Wildman–Crippen MR) is 135 cm³/mol. The molecule has 1 aromatic heterocycles. The summed E-state index contributed by atoms with van der Waals surface area (Å²) in [5.41, 5.74) is 1.46. The Bertz CT molecular complexity index is 1280. The van der Waals surface area contributed by atoms with Crippen LogP contribution in [0.2, 0.25) is 0 Å². The highest BCUT2D eigenvalue weighted by Gasteiger charge is 2.58. The number of fused-ring (bicyclic) bond motifs is 2. The summed E-state index contributed by atoms with van der Waals surface area (Å²) < 4.78 is 5.46. The molecule has 3 heterocycles. The van der Waals surface area contributed by atoms with Crippen molar-refractivity contribution in [3.63, 3.8) is 0 Å². The molecule has 9 heteroatoms. The molecule has 1 aromatic carbocycles. The van der Waals surface area contributed by atoms with Gasteiger partial charge in [0.05, 0.1) is 13.2 Å². The lowest BCUT2D eigenvalue weighted by Crippen LogP contribution is -2.49. The number of likely N-dealkylation sites (tertiary alicyclic amines) is 1. The highest BCUT2D eigenvalue weighted by atomic mass is 16.5. The van der Waals surface area contributed by atoms with Gasteiger partial charge in [-0.1, -0.05) is 6.07 Å². The summed E-state index contributed by atoms with van der Waals surface area (Å²) in [4.78, 5) is 44.4. The van der Waals surface area contributed by atoms with Crippen LogP contribution in [0.1, 0.15) is 55.4 Å². The minimum absolute atomic E-state index is 0.0682. The molecule has 0 spiro atoms. The van der Waals surface area contributed by atoms with E-state index in [1.807, 2.05) is 18.2 Å². The van der Waals surface area contributed by atoms with Crippen LogP contribution in [0.5, 0.6) is 5.75 Å². The molecule has 37 heavy (non-hydrogen) atoms. The van der Waals surface area contributed by atoms with Gasteiger partial charge >= 0.3 is 0 Å². The molecule has 3 N–H and O–H groups in total. The summed E-state index contributed by atoms with van der Waals surface area (Å²) in [5.74, 6) is 0.880. The average molecular weight is 504 g/mol. The van der Waals surface area contributed by atoms with Gasteiger partial charge in [0.15, 0.2) is 0 Å². The monoisotopic (exact) mass is 503 g/mol. The fraction of sp³-hybridized carbons (Fsp3) is 0.571. The van der Waals surface area contributed by atoms with Crippen molar-refractivity contribution in [2.24, 2.45) is 23.2 Å². The van der Waals surface area contributed by atoms with E-state index in [2.05, 4.69) is 21.7 Å². The first-order chi connectivity index (χ1) is 17.9. The number of aromatic amines is 1. The zero-order valence-corrected chi connectivity index (χ0v) is 21.1. The predicted octanol–water partition coefficient (Wildman–Crippen LogP) is 2.73. The molecule has 2 bridgehead atoms. The number of rotatable bonds is 7. The van der Waals surface area contributed by atoms with Crippen LogP contribution in [0.4, 0.5) is 0 Å². The van der Waals surface area contributed by atoms with Crippen molar-refractivity contribution >= 4 is 28.6 Å². The van der Waals surface area contributed by atoms with Gasteiger partial charge in [0, 0.05) is 29.9 Å². The Balaban J connectivity index is 1.24. The largest absolute Gasteiger partial charge is 0.496 e. The highest BCUT2D eigenvalue weighted by Crippen LogP contribution is 2.64. The van der Waals surface area contributed by atoms with Crippen LogP contribution >= 0.6 is 0 Å². The van der Waals surface area contributed by atoms with Crippen molar-refractivity contribution in [3.05, 3.63) is 30.0 Å². The number of aromatic nitrogens is 1. The zero-order chi connectivity index (χ0) is 25.7. The van der Waals surface area contributed by atoms with Gasteiger partial charge in [-0.05, 0) is 80.4 Å². The molecule has 3 saturated carbocycles. The molecule has 3 aliphatic carbocycles. The van der Waals surface area contributed by atoms with Crippen LogP contribution in [0.25, 0.3) is 10.9 Å². The summed E-state index contributed by atoms with van der Waals surface area (Å²) >= 11 is 0. The molecule has 0 radical (unpaired) electrons. The molecule has 9 nitrogen and oxygen atoms in total. The summed E-state index contributed by atoms with van der Waals surface area (Å²) in [7, 11) is 1.60. The van der Waals surface area contributed by atoms with Crippen molar-refractivity contribution in [3.8, 4) is 11.8 Å². The van der Waals surface area contributed by atoms with E-state index in [1.165, 1.54) is 25.7 Å². The Morgan fingerprint density at radius 1 is 1.32 bits per heavy atom. The Labute approximate surface area is 215 Å². The molecule has 2 saturated heterocycles. The van der Waals surface area contributed by atoms with E-state index in [0.29, 0.717) is 37.4 Å². The number of nitrogens with zero attached hydrogens (tertiary/aromatic N) is 2. The molecular formula is C28H33N5O4. The van der Waals surface area contributed by atoms with E-state index in [1.54, 1.807) is 18.1 Å². The molecule has 4 unspecified atom stereocenters. The average Bonchev–Trinajstić information content (AvgIpc) is 3.70. The molecule has 4 atom stereocenters. The SMILES string of the molecule is COc1cccc2[nH]c(C(=O)N3CC(C45CCC(C4)C5)CC3C(=O)NC(C#N)CC3CCNC3=O)cc12. The summed E-state index contributed by atoms with van der Waals surface area (Å²) in [6.45, 7) is 1.14. The minimum atomic E-state index is -0.771. The Kier molecular flexibility index (Phi) is 5.85. The molecule has 2 aromatic rings. The molecule has 194 valence electrons. The number of H-pyrrole nitrogens is 1. The van der Waals surface area contributed by atoms with Gasteiger partial charge in [0.1, 0.15) is 23.5 Å². The first kappa shape index (κ1) is 23.8. The number of nitrogens with one attached hydrogen (secondary N) is 3. The van der Waals surface area contributed by atoms with Crippen molar-refractivity contribution in [2.75, 3.05) is 20.2 Å². The third kappa shape index (κ3) is 4.03. The number of amides is 3. The maximum Gasteiger partial charge on any atom is 0.270 e. The van der Waals surface area contributed by atoms with E-state index >= 15 is 0 Å². The molecular weight excluding hydrogens is 470 g/mol. The van der Waals surface area contributed by atoms with E-state index in [0.717, 1.165) is 16.8 Å². The smallest absolute Gasteiger partial charge is 0.270 e. The third-order valence-electron chi connectivity index (χ3n) is 9.40. The number of benzene rings is 1. The lowest BCUT2D eigenvalue weighted by Gasteiger charge is -2.43. The first-order valence-electron chi connectivity index (χ1n) is 13.3. The van der Waals surface area contributed by atoms with Crippen molar-refractivity contribution in [1.82, 2.24) is 20.5 Å². The second-order valence-electron chi connectivity index (χ2n) is 11.4. The summed E-state index contributed by atoms with van der Waals surface area (Å²) in [6.07, 6.45) is 6.34. The van der Waals surface area contributed by atoms with Crippen LogP contribution in [0.3, 0.4) is 0 Å². The lowest BCUT2D eigenvalue weighted by atomic mass is 9.61. The van der Waals surface area contributed by atoms with Crippen molar-refractivity contribution < 1.29 is 19.1 Å². The normalized spacial score (nSPS) is 31.0. The molecule has 5 fully saturated rings. The van der Waals surface area contributed by atoms with Crippen molar-refractivity contribution in [1.29, 1.82) is 5.26 Å². The van der Waals surface area contributed by atoms with Gasteiger partial charge < -0.3 is 25.3 Å². The van der Waals surface area contributed by atoms with Crippen LogP contribution < -0.4 is 15.4 Å². The van der Waals surface area contributed by atoms with Gasteiger partial charge in [-0.15, -0.1) is 0 Å². The Morgan fingerprint density at radius 3 is 2.84 bits per heavy atom. The van der Waals surface area contributed by atoms with Gasteiger partial charge in [0.2, 0.25) is 11.8 Å². The molecule has 3 amide bonds. The highest BCUT2D eigenvalue weighted by molar-refractivity contribution is 6.01. The summed E-state index contributed by atoms with van der Waals surface area (Å²) in [5, 5.41) is 16.2. The first-order valence-corrected chi connectivity index (χ1v) is 13.3. The van der Waals surface area contributed by atoms with Crippen LogP contribution in [0, 0.1) is 34.5 Å². The fourth-order valence-electron chi connectivity index (χ4n) is 7.42. The Hall–Kier alpha value is -3.54. The zero-order valence-electron chi connectivity index (χ0n) is 21.1. The van der Waals surface area contributed by atoms with Crippen LogP contribution in [-0.4, -0.2) is 59.9 Å². The number of ether oxygens (including phenoxy) is 1. The van der Waals surface area contributed by atoms with Gasteiger partial charge in [-0.3, -0.25) is 14.4 Å². The maximum absolute atomic E-state index is 13.8. The summed E-state index contributed by atoms with van der Waals surface area (Å²) in [6, 6.07) is 8.15. The standard InChI is InChI=1S/C28H33N5O4/c1-37-24-4-2-3-21-20(24)11-22(32-21)27(36)33-15-18(28-7-5-16(12-28)13-28)10-23(33)26(35)31-19(14-29)9-17-6-8-30-25(17)34/h2-4,11,16-19,23,32H,5-10,12-13,15H2,1H3,(H,30,34)(H,31,35). The van der Waals surface area contributed by atoms with E-state index in [9.17, 15) is 19.6 Å². The topological polar surface area (TPSA) is 127 Å². The van der Waals surface area contributed by atoms with Crippen LogP contribution in [-0.2, 0) is 9.59 Å². The number of nitriles is 1. The fourth-order valence-corrected chi connectivity index (χ4v) is 7.42. The van der Waals surface area contributed by atoms with Gasteiger partial charge in [-0.25, -0.2) is 0 Å². The van der Waals surface area contributed by atoms with Gasteiger partial charge in [0.25, 0.3) is 5.91 Å². The third-order valence-corrected chi connectivity index (χ3v) is 9.40. The van der Waals surface area contributed by atoms with Crippen molar-refractivity contribution in [2.45, 2.75) is 57.0 Å². The van der Waals surface area contributed by atoms with Crippen LogP contribution in [0.15, 0.2) is 24.3 Å². The van der Waals surface area contributed by atoms with E-state index in [-0.39, 0.29) is 41.4 Å². The van der Waals surface area contributed by atoms with E-state index < -0.39 is 12.1 Å². The number of hydrogen-bond acceptors (Lipinski definition) is 5. The lowest BCUT2D eigenvalue weighted by molar-refractivity contribution is -0.126. The second-order valence-corrected chi connectivity index (χ2v) is 11.4. The molecule has 5 aliphatic rings.